The fourth-order valence-electron chi connectivity index (χ4n) is 1.67. The smallest absolute Gasteiger partial charge is 0.191 e. The molecule has 1 aromatic carbocycles. The van der Waals surface area contributed by atoms with Crippen molar-refractivity contribution in [2.45, 2.75) is 19.3 Å². The molecule has 110 valence electrons. The molecule has 0 aromatic heterocycles. The number of guanidine groups is 1. The fourth-order valence-corrected chi connectivity index (χ4v) is 1.67. The van der Waals surface area contributed by atoms with Crippen molar-refractivity contribution < 1.29 is 4.39 Å². The summed E-state index contributed by atoms with van der Waals surface area (Å²) in [5.41, 5.74) is 0.725. The highest BCUT2D eigenvalue weighted by Gasteiger charge is 2.21. The predicted octanol–water partition coefficient (Wildman–Crippen LogP) is 2.52. The minimum atomic E-state index is -0.222. The molecule has 0 radical (unpaired) electrons. The van der Waals surface area contributed by atoms with E-state index in [1.807, 2.05) is 19.9 Å². The first-order valence-corrected chi connectivity index (χ1v) is 6.13. The summed E-state index contributed by atoms with van der Waals surface area (Å²) in [4.78, 5) is 4.06. The zero-order valence-corrected chi connectivity index (χ0v) is 14.4. The number of terminal acetylenes is 1. The second-order valence-electron chi connectivity index (χ2n) is 4.88. The maximum atomic E-state index is 13.3. The van der Waals surface area contributed by atoms with Gasteiger partial charge in [-0.05, 0) is 17.7 Å². The van der Waals surface area contributed by atoms with Crippen LogP contribution < -0.4 is 10.6 Å². The van der Waals surface area contributed by atoms with Crippen LogP contribution in [-0.4, -0.2) is 26.1 Å². The van der Waals surface area contributed by atoms with Gasteiger partial charge in [0.15, 0.2) is 5.96 Å². The van der Waals surface area contributed by atoms with Crippen molar-refractivity contribution in [2.24, 2.45) is 4.99 Å². The van der Waals surface area contributed by atoms with Gasteiger partial charge in [0.25, 0.3) is 0 Å². The van der Waals surface area contributed by atoms with Crippen molar-refractivity contribution in [1.82, 2.24) is 10.6 Å². The molecule has 1 rings (SSSR count). The number of benzene rings is 1. The molecule has 0 heterocycles. The lowest BCUT2D eigenvalue weighted by Gasteiger charge is -2.26. The van der Waals surface area contributed by atoms with Crippen LogP contribution in [0.1, 0.15) is 19.4 Å². The van der Waals surface area contributed by atoms with Gasteiger partial charge in [-0.2, -0.15) is 0 Å². The molecular formula is C15H21FIN3. The molecule has 0 fully saturated rings. The van der Waals surface area contributed by atoms with Gasteiger partial charge < -0.3 is 10.6 Å². The molecule has 0 spiro atoms. The molecule has 0 unspecified atom stereocenters. The summed E-state index contributed by atoms with van der Waals surface area (Å²) in [6, 6.07) is 6.64. The van der Waals surface area contributed by atoms with Crippen LogP contribution in [0.25, 0.3) is 0 Å². The molecule has 0 aliphatic rings. The summed E-state index contributed by atoms with van der Waals surface area (Å²) < 4.78 is 13.3. The van der Waals surface area contributed by atoms with Crippen molar-refractivity contribution in [3.63, 3.8) is 0 Å². The van der Waals surface area contributed by atoms with Crippen LogP contribution in [0.2, 0.25) is 0 Å². The summed E-state index contributed by atoms with van der Waals surface area (Å²) >= 11 is 0. The number of nitrogens with zero attached hydrogens (tertiary/aromatic N) is 1. The van der Waals surface area contributed by atoms with Gasteiger partial charge in [0.1, 0.15) is 5.82 Å². The predicted molar refractivity (Wildman–Crippen MR) is 93.0 cm³/mol. The van der Waals surface area contributed by atoms with Crippen molar-refractivity contribution in [1.29, 1.82) is 0 Å². The summed E-state index contributed by atoms with van der Waals surface area (Å²) in [5, 5.41) is 6.17. The lowest BCUT2D eigenvalue weighted by molar-refractivity contribution is 0.504. The Morgan fingerprint density at radius 2 is 2.10 bits per heavy atom. The van der Waals surface area contributed by atoms with Crippen LogP contribution in [0.15, 0.2) is 29.3 Å². The van der Waals surface area contributed by atoms with Crippen molar-refractivity contribution >= 4 is 29.9 Å². The van der Waals surface area contributed by atoms with Crippen LogP contribution in [0.5, 0.6) is 0 Å². The van der Waals surface area contributed by atoms with Gasteiger partial charge in [0, 0.05) is 19.0 Å². The molecule has 5 heteroatoms. The molecular weight excluding hydrogens is 368 g/mol. The standard InChI is InChI=1S/C15H20FN3.HI/c1-5-9-18-14(17-4)19-11-15(2,3)12-7-6-8-13(16)10-12;/h1,6-8,10H,9,11H2,2-4H3,(H2,17,18,19);1H. The summed E-state index contributed by atoms with van der Waals surface area (Å²) in [6.07, 6.45) is 5.18. The zero-order valence-electron chi connectivity index (χ0n) is 12.0. The monoisotopic (exact) mass is 389 g/mol. The number of rotatable bonds is 4. The lowest BCUT2D eigenvalue weighted by Crippen LogP contribution is -2.43. The maximum absolute atomic E-state index is 13.3. The van der Waals surface area contributed by atoms with Crippen molar-refractivity contribution in [3.8, 4) is 12.3 Å². The summed E-state index contributed by atoms with van der Waals surface area (Å²) in [7, 11) is 1.68. The summed E-state index contributed by atoms with van der Waals surface area (Å²) in [6.45, 7) is 5.13. The van der Waals surface area contributed by atoms with E-state index < -0.39 is 0 Å². The zero-order chi connectivity index (χ0) is 14.3. The first-order valence-electron chi connectivity index (χ1n) is 6.13. The van der Waals surface area contributed by atoms with Crippen molar-refractivity contribution in [2.75, 3.05) is 20.1 Å². The number of halogens is 2. The van der Waals surface area contributed by atoms with E-state index in [0.29, 0.717) is 19.0 Å². The lowest BCUT2D eigenvalue weighted by atomic mass is 9.84. The molecule has 2 N–H and O–H groups in total. The maximum Gasteiger partial charge on any atom is 0.191 e. The molecule has 0 aliphatic carbocycles. The third kappa shape index (κ3) is 5.78. The van der Waals surface area contributed by atoms with Crippen LogP contribution in [0, 0.1) is 18.2 Å². The van der Waals surface area contributed by atoms with Gasteiger partial charge in [-0.3, -0.25) is 4.99 Å². The first-order chi connectivity index (χ1) is 8.99. The van der Waals surface area contributed by atoms with Crippen LogP contribution in [0.3, 0.4) is 0 Å². The Morgan fingerprint density at radius 3 is 2.65 bits per heavy atom. The fraction of sp³-hybridized carbons (Fsp3) is 0.400. The SMILES string of the molecule is C#CCNC(=NC)NCC(C)(C)c1cccc(F)c1.I. The van der Waals surface area contributed by atoms with E-state index in [1.165, 1.54) is 6.07 Å². The van der Waals surface area contributed by atoms with E-state index in [1.54, 1.807) is 19.2 Å². The van der Waals surface area contributed by atoms with Crippen molar-refractivity contribution in [3.05, 3.63) is 35.6 Å². The summed E-state index contributed by atoms with van der Waals surface area (Å²) in [5.74, 6) is 2.91. The normalized spacial score (nSPS) is 11.2. The van der Waals surface area contributed by atoms with Gasteiger partial charge in [-0.25, -0.2) is 4.39 Å². The van der Waals surface area contributed by atoms with Gasteiger partial charge in [0.05, 0.1) is 6.54 Å². The van der Waals surface area contributed by atoms with Gasteiger partial charge in [-0.1, -0.05) is 31.9 Å². The van der Waals surface area contributed by atoms with Crippen LogP contribution >= 0.6 is 24.0 Å². The number of aliphatic imine (C=N–C) groups is 1. The Hall–Kier alpha value is -1.29. The minimum absolute atomic E-state index is 0. The van der Waals surface area contributed by atoms with E-state index in [0.717, 1.165) is 5.56 Å². The Bertz CT molecular complexity index is 492. The Balaban J connectivity index is 0.00000361. The minimum Gasteiger partial charge on any atom is -0.356 e. The third-order valence-corrected chi connectivity index (χ3v) is 2.89. The van der Waals surface area contributed by atoms with E-state index >= 15 is 0 Å². The largest absolute Gasteiger partial charge is 0.356 e. The molecule has 0 aliphatic heterocycles. The first kappa shape index (κ1) is 18.7. The quantitative estimate of drug-likeness (QED) is 0.360. The third-order valence-electron chi connectivity index (χ3n) is 2.89. The van der Waals surface area contributed by atoms with E-state index in [9.17, 15) is 4.39 Å². The van der Waals surface area contributed by atoms with E-state index in [2.05, 4.69) is 21.5 Å². The average Bonchev–Trinajstić information content (AvgIpc) is 2.39. The van der Waals surface area contributed by atoms with Crippen LogP contribution in [-0.2, 0) is 5.41 Å². The molecule has 0 bridgehead atoms. The Morgan fingerprint density at radius 1 is 1.40 bits per heavy atom. The number of hydrogen-bond acceptors (Lipinski definition) is 1. The van der Waals surface area contributed by atoms with Gasteiger partial charge in [0.2, 0.25) is 0 Å². The topological polar surface area (TPSA) is 36.4 Å². The Labute approximate surface area is 137 Å². The average molecular weight is 389 g/mol. The second kappa shape index (κ2) is 8.80. The van der Waals surface area contributed by atoms with Crippen LogP contribution in [0.4, 0.5) is 4.39 Å². The molecule has 0 saturated heterocycles. The molecule has 0 amide bonds. The van der Waals surface area contributed by atoms with Gasteiger partial charge in [-0.15, -0.1) is 30.4 Å². The second-order valence-corrected chi connectivity index (χ2v) is 4.88. The Kier molecular flexibility index (Phi) is 8.23. The molecule has 1 aromatic rings. The molecule has 0 atom stereocenters. The highest BCUT2D eigenvalue weighted by Crippen LogP contribution is 2.22. The van der Waals surface area contributed by atoms with Gasteiger partial charge >= 0.3 is 0 Å². The molecule has 20 heavy (non-hydrogen) atoms. The number of nitrogens with one attached hydrogen (secondary N) is 2. The van der Waals surface area contributed by atoms with E-state index in [4.69, 9.17) is 6.42 Å². The highest BCUT2D eigenvalue weighted by atomic mass is 127. The number of hydrogen-bond donors (Lipinski definition) is 2. The molecule has 0 saturated carbocycles. The van der Waals surface area contributed by atoms with E-state index in [-0.39, 0.29) is 35.2 Å². The molecule has 3 nitrogen and oxygen atoms in total. The highest BCUT2D eigenvalue weighted by molar-refractivity contribution is 14.0.